The van der Waals surface area contributed by atoms with Crippen molar-refractivity contribution in [1.82, 2.24) is 9.97 Å². The van der Waals surface area contributed by atoms with E-state index in [1.807, 2.05) is 31.2 Å². The summed E-state index contributed by atoms with van der Waals surface area (Å²) in [5.74, 6) is 0.785. The van der Waals surface area contributed by atoms with Gasteiger partial charge in [0.05, 0.1) is 6.61 Å². The second-order valence-electron chi connectivity index (χ2n) is 4.67. The lowest BCUT2D eigenvalue weighted by atomic mass is 10.2. The maximum Gasteiger partial charge on any atom is 0.433 e. The molecule has 0 saturated heterocycles. The zero-order chi connectivity index (χ0) is 16.2. The Balaban J connectivity index is 2.10. The van der Waals surface area contributed by atoms with Crippen LogP contribution < -0.4 is 9.64 Å². The highest BCUT2D eigenvalue weighted by Gasteiger charge is 2.33. The number of rotatable bonds is 5. The molecule has 1 aromatic carbocycles. The summed E-state index contributed by atoms with van der Waals surface area (Å²) in [6, 6.07) is 8.21. The molecule has 0 amide bonds. The van der Waals surface area contributed by atoms with Crippen LogP contribution in [0.3, 0.4) is 0 Å². The first-order valence-electron chi connectivity index (χ1n) is 6.73. The Morgan fingerprint density at radius 2 is 1.82 bits per heavy atom. The minimum absolute atomic E-state index is 0.0312. The minimum atomic E-state index is -4.47. The first-order chi connectivity index (χ1) is 10.4. The molecule has 2 rings (SSSR count). The Labute approximate surface area is 126 Å². The van der Waals surface area contributed by atoms with Gasteiger partial charge in [-0.3, -0.25) is 0 Å². The third kappa shape index (κ3) is 4.09. The smallest absolute Gasteiger partial charge is 0.433 e. The van der Waals surface area contributed by atoms with E-state index in [2.05, 4.69) is 9.97 Å². The van der Waals surface area contributed by atoms with Crippen molar-refractivity contribution in [2.24, 2.45) is 0 Å². The monoisotopic (exact) mass is 311 g/mol. The van der Waals surface area contributed by atoms with Crippen molar-refractivity contribution in [2.75, 3.05) is 18.6 Å². The summed E-state index contributed by atoms with van der Waals surface area (Å²) < 4.78 is 43.3. The Bertz CT molecular complexity index is 614. The summed E-state index contributed by atoms with van der Waals surface area (Å²) in [4.78, 5) is 9.00. The van der Waals surface area contributed by atoms with E-state index in [4.69, 9.17) is 4.74 Å². The lowest BCUT2D eigenvalue weighted by molar-refractivity contribution is -0.141. The number of hydrogen-bond donors (Lipinski definition) is 0. The molecule has 118 valence electrons. The van der Waals surface area contributed by atoms with Gasteiger partial charge >= 0.3 is 6.18 Å². The Morgan fingerprint density at radius 1 is 1.14 bits per heavy atom. The number of halogens is 3. The van der Waals surface area contributed by atoms with Crippen LogP contribution in [0.5, 0.6) is 5.75 Å². The molecule has 0 unspecified atom stereocenters. The Hall–Kier alpha value is -2.31. The lowest BCUT2D eigenvalue weighted by Gasteiger charge is -2.18. The molecule has 0 aliphatic heterocycles. The fourth-order valence-corrected chi connectivity index (χ4v) is 1.89. The molecule has 4 nitrogen and oxygen atoms in total. The van der Waals surface area contributed by atoms with Crippen molar-refractivity contribution in [1.29, 1.82) is 0 Å². The van der Waals surface area contributed by atoms with E-state index in [1.165, 1.54) is 0 Å². The van der Waals surface area contributed by atoms with Gasteiger partial charge in [0.15, 0.2) is 0 Å². The summed E-state index contributed by atoms with van der Waals surface area (Å²) in [7, 11) is 1.64. The fourth-order valence-electron chi connectivity index (χ4n) is 1.89. The highest BCUT2D eigenvalue weighted by Crippen LogP contribution is 2.28. The van der Waals surface area contributed by atoms with Crippen LogP contribution in [0.15, 0.2) is 36.5 Å². The Kier molecular flexibility index (Phi) is 4.85. The number of alkyl halides is 3. The molecular formula is C15H16F3N3O. The van der Waals surface area contributed by atoms with Gasteiger partial charge in [0.25, 0.3) is 0 Å². The van der Waals surface area contributed by atoms with E-state index in [-0.39, 0.29) is 5.95 Å². The molecule has 0 fully saturated rings. The average Bonchev–Trinajstić information content (AvgIpc) is 2.49. The van der Waals surface area contributed by atoms with Gasteiger partial charge in [-0.2, -0.15) is 13.2 Å². The van der Waals surface area contributed by atoms with Gasteiger partial charge in [0.2, 0.25) is 5.95 Å². The zero-order valence-electron chi connectivity index (χ0n) is 12.3. The largest absolute Gasteiger partial charge is 0.494 e. The van der Waals surface area contributed by atoms with Crippen LogP contribution in [0, 0.1) is 0 Å². The van der Waals surface area contributed by atoms with Crippen molar-refractivity contribution < 1.29 is 17.9 Å². The van der Waals surface area contributed by atoms with Crippen LogP contribution >= 0.6 is 0 Å². The molecule has 0 atom stereocenters. The van der Waals surface area contributed by atoms with E-state index in [1.54, 1.807) is 11.9 Å². The van der Waals surface area contributed by atoms with Gasteiger partial charge in [0, 0.05) is 19.8 Å². The summed E-state index contributed by atoms with van der Waals surface area (Å²) in [6.07, 6.45) is -3.36. The van der Waals surface area contributed by atoms with Crippen molar-refractivity contribution in [3.8, 4) is 5.75 Å². The second-order valence-corrected chi connectivity index (χ2v) is 4.67. The lowest BCUT2D eigenvalue weighted by Crippen LogP contribution is -2.21. The van der Waals surface area contributed by atoms with Crippen LogP contribution in [0.4, 0.5) is 19.1 Å². The molecule has 0 aliphatic carbocycles. The topological polar surface area (TPSA) is 38.2 Å². The molecule has 0 aliphatic rings. The molecule has 1 aromatic heterocycles. The number of anilines is 1. The molecule has 2 aromatic rings. The van der Waals surface area contributed by atoms with Crippen LogP contribution in [0.1, 0.15) is 18.2 Å². The molecule has 22 heavy (non-hydrogen) atoms. The van der Waals surface area contributed by atoms with Gasteiger partial charge in [-0.25, -0.2) is 9.97 Å². The maximum absolute atomic E-state index is 12.7. The van der Waals surface area contributed by atoms with Crippen LogP contribution in [0.25, 0.3) is 0 Å². The number of hydrogen-bond acceptors (Lipinski definition) is 4. The molecular weight excluding hydrogens is 295 g/mol. The second kappa shape index (κ2) is 6.64. The molecule has 1 heterocycles. The average molecular weight is 311 g/mol. The van der Waals surface area contributed by atoms with E-state index >= 15 is 0 Å². The highest BCUT2D eigenvalue weighted by molar-refractivity contribution is 5.34. The Morgan fingerprint density at radius 3 is 2.41 bits per heavy atom. The molecule has 0 spiro atoms. The molecule has 0 bridgehead atoms. The van der Waals surface area contributed by atoms with Gasteiger partial charge in [-0.15, -0.1) is 0 Å². The molecule has 0 radical (unpaired) electrons. The third-order valence-electron chi connectivity index (χ3n) is 2.93. The van der Waals surface area contributed by atoms with Gasteiger partial charge < -0.3 is 9.64 Å². The van der Waals surface area contributed by atoms with E-state index in [0.29, 0.717) is 13.2 Å². The van der Waals surface area contributed by atoms with E-state index in [0.717, 1.165) is 23.6 Å². The number of benzene rings is 1. The van der Waals surface area contributed by atoms with Crippen molar-refractivity contribution in [3.63, 3.8) is 0 Å². The van der Waals surface area contributed by atoms with Crippen molar-refractivity contribution in [2.45, 2.75) is 19.6 Å². The normalized spacial score (nSPS) is 11.3. The molecule has 0 N–H and O–H groups in total. The SMILES string of the molecule is CCOc1ccc(CN(C)c2nccc(C(F)(F)F)n2)cc1. The predicted octanol–water partition coefficient (Wildman–Crippen LogP) is 3.53. The first-order valence-corrected chi connectivity index (χ1v) is 6.73. The summed E-state index contributed by atoms with van der Waals surface area (Å²) in [5, 5.41) is 0. The quantitative estimate of drug-likeness (QED) is 0.846. The van der Waals surface area contributed by atoms with Crippen LogP contribution in [-0.4, -0.2) is 23.6 Å². The first kappa shape index (κ1) is 16.1. The minimum Gasteiger partial charge on any atom is -0.494 e. The number of aromatic nitrogens is 2. The number of ether oxygens (including phenoxy) is 1. The molecule has 7 heteroatoms. The molecule has 0 saturated carbocycles. The third-order valence-corrected chi connectivity index (χ3v) is 2.93. The zero-order valence-corrected chi connectivity index (χ0v) is 12.3. The van der Waals surface area contributed by atoms with Gasteiger partial charge in [0.1, 0.15) is 11.4 Å². The standard InChI is InChI=1S/C15H16F3N3O/c1-3-22-12-6-4-11(5-7-12)10-21(2)14-19-9-8-13(20-14)15(16,17)18/h4-9H,3,10H2,1-2H3. The van der Waals surface area contributed by atoms with Gasteiger partial charge in [-0.05, 0) is 30.7 Å². The van der Waals surface area contributed by atoms with E-state index in [9.17, 15) is 13.2 Å². The van der Waals surface area contributed by atoms with Crippen molar-refractivity contribution >= 4 is 5.95 Å². The van der Waals surface area contributed by atoms with Gasteiger partial charge in [-0.1, -0.05) is 12.1 Å². The van der Waals surface area contributed by atoms with Crippen LogP contribution in [-0.2, 0) is 12.7 Å². The summed E-state index contributed by atoms with van der Waals surface area (Å²) in [5.41, 5.74) is -0.0250. The highest BCUT2D eigenvalue weighted by atomic mass is 19.4. The van der Waals surface area contributed by atoms with E-state index < -0.39 is 11.9 Å². The fraction of sp³-hybridized carbons (Fsp3) is 0.333. The number of nitrogens with zero attached hydrogens (tertiary/aromatic N) is 3. The van der Waals surface area contributed by atoms with Crippen LogP contribution in [0.2, 0.25) is 0 Å². The van der Waals surface area contributed by atoms with Crippen molar-refractivity contribution in [3.05, 3.63) is 47.8 Å². The predicted molar refractivity (Wildman–Crippen MR) is 76.8 cm³/mol. The maximum atomic E-state index is 12.7. The summed E-state index contributed by atoms with van der Waals surface area (Å²) >= 11 is 0. The summed E-state index contributed by atoms with van der Waals surface area (Å²) in [6.45, 7) is 2.87.